The van der Waals surface area contributed by atoms with Crippen LogP contribution in [0.4, 0.5) is 5.82 Å². The second-order valence-corrected chi connectivity index (χ2v) is 8.94. The third-order valence-electron chi connectivity index (χ3n) is 5.72. The fraction of sp³-hybridized carbons (Fsp3) is 0.478. The van der Waals surface area contributed by atoms with Gasteiger partial charge in [0.15, 0.2) is 5.96 Å². The lowest BCUT2D eigenvalue weighted by Crippen LogP contribution is -2.39. The van der Waals surface area contributed by atoms with Crippen LogP contribution < -0.4 is 10.2 Å². The maximum atomic E-state index is 4.56. The minimum Gasteiger partial charge on any atom is -0.357 e. The van der Waals surface area contributed by atoms with Gasteiger partial charge in [0.2, 0.25) is 0 Å². The van der Waals surface area contributed by atoms with Gasteiger partial charge in [-0.3, -0.25) is 4.99 Å². The molecule has 5 nitrogen and oxygen atoms in total. The molecule has 1 aromatic heterocycles. The standard InChI is InChI=1S/C23H31N5S.HI/c1-24-23(26-16-19-9-11-25-22(15-19)27-12-5-6-13-27)28-14-10-20(17-28)18-29-21-7-3-2-4-8-21;/h2-4,7-9,11,15,20H,5-6,10,12-14,16-18H2,1H3,(H,24,26);1H. The van der Waals surface area contributed by atoms with Gasteiger partial charge >= 0.3 is 0 Å². The number of rotatable bonds is 6. The van der Waals surface area contributed by atoms with Crippen LogP contribution in [0.15, 0.2) is 58.5 Å². The van der Waals surface area contributed by atoms with E-state index in [-0.39, 0.29) is 24.0 Å². The van der Waals surface area contributed by atoms with Gasteiger partial charge in [-0.05, 0) is 55.0 Å². The lowest BCUT2D eigenvalue weighted by Gasteiger charge is -2.22. The molecule has 7 heteroatoms. The highest BCUT2D eigenvalue weighted by molar-refractivity contribution is 14.0. The Morgan fingerprint density at radius 2 is 1.97 bits per heavy atom. The van der Waals surface area contributed by atoms with Crippen LogP contribution in [0.2, 0.25) is 0 Å². The summed E-state index contributed by atoms with van der Waals surface area (Å²) in [6.45, 7) is 5.20. The Labute approximate surface area is 201 Å². The maximum absolute atomic E-state index is 4.56. The fourth-order valence-electron chi connectivity index (χ4n) is 4.09. The number of aromatic nitrogens is 1. The predicted molar refractivity (Wildman–Crippen MR) is 138 cm³/mol. The van der Waals surface area contributed by atoms with E-state index in [1.807, 2.05) is 25.0 Å². The molecule has 2 aromatic rings. The highest BCUT2D eigenvalue weighted by atomic mass is 127. The Balaban J connectivity index is 0.00000256. The van der Waals surface area contributed by atoms with E-state index in [0.717, 1.165) is 44.5 Å². The molecule has 0 radical (unpaired) electrons. The third-order valence-corrected chi connectivity index (χ3v) is 6.96. The summed E-state index contributed by atoms with van der Waals surface area (Å²) in [5.74, 6) is 4.00. The molecule has 0 saturated carbocycles. The summed E-state index contributed by atoms with van der Waals surface area (Å²) in [6.07, 6.45) is 5.71. The van der Waals surface area contributed by atoms with Gasteiger partial charge in [0.25, 0.3) is 0 Å². The van der Waals surface area contributed by atoms with Crippen LogP contribution in [0, 0.1) is 5.92 Å². The van der Waals surface area contributed by atoms with Crippen LogP contribution in [0.3, 0.4) is 0 Å². The molecule has 30 heavy (non-hydrogen) atoms. The quantitative estimate of drug-likeness (QED) is 0.255. The molecule has 0 bridgehead atoms. The molecule has 2 fully saturated rings. The Morgan fingerprint density at radius 3 is 2.73 bits per heavy atom. The molecular weight excluding hydrogens is 505 g/mol. The first-order valence-corrected chi connectivity index (χ1v) is 11.6. The van der Waals surface area contributed by atoms with Crippen molar-refractivity contribution in [3.63, 3.8) is 0 Å². The average molecular weight is 538 g/mol. The van der Waals surface area contributed by atoms with Crippen molar-refractivity contribution >= 4 is 47.5 Å². The van der Waals surface area contributed by atoms with Gasteiger partial charge in [0.05, 0.1) is 0 Å². The van der Waals surface area contributed by atoms with Crippen molar-refractivity contribution in [1.82, 2.24) is 15.2 Å². The number of benzene rings is 1. The molecule has 0 aliphatic carbocycles. The van der Waals surface area contributed by atoms with Crippen molar-refractivity contribution in [2.45, 2.75) is 30.7 Å². The van der Waals surface area contributed by atoms with Crippen molar-refractivity contribution in [2.75, 3.05) is 43.9 Å². The van der Waals surface area contributed by atoms with Crippen LogP contribution in [-0.2, 0) is 6.54 Å². The van der Waals surface area contributed by atoms with Gasteiger partial charge in [0, 0.05) is 56.6 Å². The fourth-order valence-corrected chi connectivity index (χ4v) is 5.14. The number of halogens is 1. The lowest BCUT2D eigenvalue weighted by molar-refractivity contribution is 0.474. The normalized spacial score (nSPS) is 19.1. The number of nitrogens with zero attached hydrogens (tertiary/aromatic N) is 4. The Kier molecular flexibility index (Phi) is 9.11. The zero-order valence-corrected chi connectivity index (χ0v) is 20.8. The second kappa shape index (κ2) is 11.8. The molecule has 2 saturated heterocycles. The summed E-state index contributed by atoms with van der Waals surface area (Å²) in [7, 11) is 1.89. The largest absolute Gasteiger partial charge is 0.357 e. The van der Waals surface area contributed by atoms with Crippen LogP contribution in [0.1, 0.15) is 24.8 Å². The highest BCUT2D eigenvalue weighted by Crippen LogP contribution is 2.26. The molecule has 1 unspecified atom stereocenters. The highest BCUT2D eigenvalue weighted by Gasteiger charge is 2.25. The minimum atomic E-state index is 0. The second-order valence-electron chi connectivity index (χ2n) is 7.84. The molecule has 0 amide bonds. The van der Waals surface area contributed by atoms with E-state index in [2.05, 4.69) is 67.6 Å². The Morgan fingerprint density at radius 1 is 1.17 bits per heavy atom. The lowest BCUT2D eigenvalue weighted by atomic mass is 10.2. The first kappa shape index (κ1) is 23.2. The number of nitrogens with one attached hydrogen (secondary N) is 1. The number of anilines is 1. The van der Waals surface area contributed by atoms with Gasteiger partial charge in [-0.15, -0.1) is 35.7 Å². The van der Waals surface area contributed by atoms with E-state index >= 15 is 0 Å². The van der Waals surface area contributed by atoms with Gasteiger partial charge < -0.3 is 15.1 Å². The number of hydrogen-bond acceptors (Lipinski definition) is 4. The van der Waals surface area contributed by atoms with E-state index in [4.69, 9.17) is 0 Å². The SMILES string of the molecule is CN=C(NCc1ccnc(N2CCCC2)c1)N1CCC(CSc2ccccc2)C1.I. The molecule has 1 aromatic carbocycles. The third kappa shape index (κ3) is 6.26. The number of guanidine groups is 1. The van der Waals surface area contributed by atoms with Crippen molar-refractivity contribution in [2.24, 2.45) is 10.9 Å². The molecule has 4 rings (SSSR count). The predicted octanol–water partition coefficient (Wildman–Crippen LogP) is 4.49. The number of hydrogen-bond donors (Lipinski definition) is 1. The smallest absolute Gasteiger partial charge is 0.193 e. The molecule has 1 atom stereocenters. The molecule has 2 aliphatic heterocycles. The molecule has 2 aliphatic rings. The Bertz CT molecular complexity index is 810. The van der Waals surface area contributed by atoms with Crippen LogP contribution in [-0.4, -0.2) is 54.8 Å². The van der Waals surface area contributed by atoms with E-state index in [1.165, 1.54) is 35.5 Å². The van der Waals surface area contributed by atoms with Crippen molar-refractivity contribution in [3.05, 3.63) is 54.2 Å². The van der Waals surface area contributed by atoms with Crippen LogP contribution in [0.25, 0.3) is 0 Å². The monoisotopic (exact) mass is 537 g/mol. The number of likely N-dealkylation sites (tertiary alicyclic amines) is 1. The molecule has 1 N–H and O–H groups in total. The van der Waals surface area contributed by atoms with E-state index in [0.29, 0.717) is 5.92 Å². The van der Waals surface area contributed by atoms with Crippen molar-refractivity contribution < 1.29 is 0 Å². The summed E-state index contributed by atoms with van der Waals surface area (Å²) < 4.78 is 0. The van der Waals surface area contributed by atoms with E-state index in [9.17, 15) is 0 Å². The van der Waals surface area contributed by atoms with E-state index in [1.54, 1.807) is 0 Å². The van der Waals surface area contributed by atoms with Gasteiger partial charge in [-0.25, -0.2) is 4.98 Å². The molecular formula is C23H32IN5S. The number of thioether (sulfide) groups is 1. The zero-order valence-electron chi connectivity index (χ0n) is 17.7. The summed E-state index contributed by atoms with van der Waals surface area (Å²) in [4.78, 5) is 15.2. The molecule has 162 valence electrons. The van der Waals surface area contributed by atoms with Gasteiger partial charge in [0.1, 0.15) is 5.82 Å². The number of aliphatic imine (C=N–C) groups is 1. The minimum absolute atomic E-state index is 0. The van der Waals surface area contributed by atoms with Crippen molar-refractivity contribution in [1.29, 1.82) is 0 Å². The summed E-state index contributed by atoms with van der Waals surface area (Å²) in [5.41, 5.74) is 1.26. The van der Waals surface area contributed by atoms with Gasteiger partial charge in [-0.2, -0.15) is 0 Å². The molecule has 3 heterocycles. The van der Waals surface area contributed by atoms with Crippen molar-refractivity contribution in [3.8, 4) is 0 Å². The van der Waals surface area contributed by atoms with Crippen LogP contribution >= 0.6 is 35.7 Å². The molecule has 0 spiro atoms. The average Bonchev–Trinajstić information content (AvgIpc) is 3.46. The maximum Gasteiger partial charge on any atom is 0.193 e. The summed E-state index contributed by atoms with van der Waals surface area (Å²) in [5, 5.41) is 3.56. The topological polar surface area (TPSA) is 43.8 Å². The first-order valence-electron chi connectivity index (χ1n) is 10.6. The van der Waals surface area contributed by atoms with Crippen LogP contribution in [0.5, 0.6) is 0 Å². The first-order chi connectivity index (χ1) is 14.3. The summed E-state index contributed by atoms with van der Waals surface area (Å²) >= 11 is 1.96. The van der Waals surface area contributed by atoms with Gasteiger partial charge in [-0.1, -0.05) is 18.2 Å². The Hall–Kier alpha value is -1.48. The van der Waals surface area contributed by atoms with E-state index < -0.39 is 0 Å². The summed E-state index contributed by atoms with van der Waals surface area (Å²) in [6, 6.07) is 15.0. The number of pyridine rings is 1. The zero-order chi connectivity index (χ0) is 19.9.